The summed E-state index contributed by atoms with van der Waals surface area (Å²) in [5.74, 6) is -1.97. The van der Waals surface area contributed by atoms with Gasteiger partial charge in [0, 0.05) is 12.8 Å². The lowest BCUT2D eigenvalue weighted by molar-refractivity contribution is -0.870. The first kappa shape index (κ1) is 99.0. The normalized spacial score (nSPS) is 12.8. The molecule has 0 saturated heterocycles. The number of allylic oxidation sites excluding steroid dienone is 10. The van der Waals surface area contributed by atoms with Crippen LogP contribution in [0.25, 0.3) is 0 Å². The van der Waals surface area contributed by atoms with Gasteiger partial charge in [-0.3, -0.25) is 9.59 Å². The number of rotatable bonds is 85. The first-order valence-electron chi connectivity index (χ1n) is 45.0. The number of esters is 2. The van der Waals surface area contributed by atoms with E-state index in [1.54, 1.807) is 0 Å². The zero-order valence-electron chi connectivity index (χ0n) is 68.8. The van der Waals surface area contributed by atoms with Crippen LogP contribution < -0.4 is 0 Å². The van der Waals surface area contributed by atoms with E-state index >= 15 is 0 Å². The molecule has 0 heterocycles. The smallest absolute Gasteiger partial charge is 0.361 e. The standard InChI is InChI=1S/C93H173NO8/c1-6-8-10-12-14-16-18-20-22-24-26-28-30-32-34-36-38-40-42-44-45-46-47-48-50-52-54-56-58-60-62-64-66-68-70-72-74-76-78-80-82-84-91(96)102-89(88-101-93(92(97)98)99-86-85-94(3,4)5)87-100-90(95)83-81-79-77-75-73-71-69-67-65-63-61-59-57-55-53-51-49-43-41-39-37-35-33-31-29-27-25-23-21-19-17-15-13-11-9-7-2/h8,10,14,16,20,22,26,28,32,34,89,93H,6-7,9,11-13,15,17-19,21,23-25,27,29-31,33,35-88H2,1-5H3/p+1/b10-8-,16-14-,22-20-,28-26-,34-32-. The number of carboxylic acid groups (broad SMARTS) is 1. The minimum atomic E-state index is -1.51. The highest BCUT2D eigenvalue weighted by molar-refractivity contribution is 5.71. The van der Waals surface area contributed by atoms with Crippen molar-refractivity contribution in [3.8, 4) is 0 Å². The van der Waals surface area contributed by atoms with Crippen LogP contribution in [0.4, 0.5) is 0 Å². The maximum Gasteiger partial charge on any atom is 0.361 e. The third kappa shape index (κ3) is 84.3. The Balaban J connectivity index is 3.89. The van der Waals surface area contributed by atoms with Crippen molar-refractivity contribution in [3.63, 3.8) is 0 Å². The number of carbonyl (C=O) groups is 3. The van der Waals surface area contributed by atoms with E-state index in [-0.39, 0.29) is 38.2 Å². The Kier molecular flexibility index (Phi) is 81.2. The van der Waals surface area contributed by atoms with Gasteiger partial charge in [-0.25, -0.2) is 4.79 Å². The first-order valence-corrected chi connectivity index (χ1v) is 45.0. The second kappa shape index (κ2) is 83.6. The molecule has 0 aromatic carbocycles. The monoisotopic (exact) mass is 1430 g/mol. The molecule has 0 aromatic heterocycles. The van der Waals surface area contributed by atoms with E-state index in [1.807, 2.05) is 21.1 Å². The molecule has 0 aromatic rings. The molecule has 0 aliphatic rings. The summed E-state index contributed by atoms with van der Waals surface area (Å²) in [6.45, 7) is 4.85. The van der Waals surface area contributed by atoms with Crippen molar-refractivity contribution in [2.24, 2.45) is 0 Å². The maximum absolute atomic E-state index is 13.0. The number of carboxylic acids is 1. The fourth-order valence-electron chi connectivity index (χ4n) is 13.8. The Morgan fingerprint density at radius 1 is 0.304 bits per heavy atom. The average Bonchev–Trinajstić information content (AvgIpc) is 0.999. The first-order chi connectivity index (χ1) is 50.1. The molecule has 9 heteroatoms. The highest BCUT2D eigenvalue weighted by atomic mass is 16.7. The van der Waals surface area contributed by atoms with E-state index in [0.29, 0.717) is 17.4 Å². The van der Waals surface area contributed by atoms with Crippen molar-refractivity contribution in [1.29, 1.82) is 0 Å². The molecule has 0 fully saturated rings. The van der Waals surface area contributed by atoms with Gasteiger partial charge in [0.25, 0.3) is 6.29 Å². The molecule has 0 spiro atoms. The van der Waals surface area contributed by atoms with E-state index < -0.39 is 18.4 Å². The van der Waals surface area contributed by atoms with Crippen LogP contribution >= 0.6 is 0 Å². The molecule has 2 atom stereocenters. The summed E-state index contributed by atoms with van der Waals surface area (Å²) in [5, 5.41) is 9.79. The highest BCUT2D eigenvalue weighted by Gasteiger charge is 2.25. The fraction of sp³-hybridized carbons (Fsp3) is 0.860. The second-order valence-electron chi connectivity index (χ2n) is 31.9. The summed E-state index contributed by atoms with van der Waals surface area (Å²) >= 11 is 0. The van der Waals surface area contributed by atoms with E-state index in [1.165, 1.54) is 360 Å². The lowest BCUT2D eigenvalue weighted by Crippen LogP contribution is -2.40. The van der Waals surface area contributed by atoms with Gasteiger partial charge in [0.15, 0.2) is 6.10 Å². The third-order valence-corrected chi connectivity index (χ3v) is 20.5. The Hall–Kier alpha value is -3.01. The van der Waals surface area contributed by atoms with Gasteiger partial charge in [-0.05, 0) is 57.8 Å². The van der Waals surface area contributed by atoms with Crippen LogP contribution in [0.15, 0.2) is 60.8 Å². The van der Waals surface area contributed by atoms with Gasteiger partial charge in [0.1, 0.15) is 13.2 Å². The zero-order chi connectivity index (χ0) is 73.9. The van der Waals surface area contributed by atoms with Crippen LogP contribution in [-0.4, -0.2) is 87.4 Å². The average molecular weight is 1430 g/mol. The zero-order valence-corrected chi connectivity index (χ0v) is 68.8. The topological polar surface area (TPSA) is 108 Å². The van der Waals surface area contributed by atoms with Crippen LogP contribution in [0.5, 0.6) is 0 Å². The predicted octanol–water partition coefficient (Wildman–Crippen LogP) is 29.3. The second-order valence-corrected chi connectivity index (χ2v) is 31.9. The summed E-state index contributed by atoms with van der Waals surface area (Å²) in [7, 11) is 6.01. The lowest BCUT2D eigenvalue weighted by Gasteiger charge is -2.25. The SMILES string of the molecule is CC/C=C\C/C=C\C/C=C\C/C=C\C/C=C\CCCCCCCCCCCCCCCCCCCCCCCCCCCC(=O)OC(COC(=O)CCCCCCCCCCCCCCCCCCCCCCCCCCCCCCCCCCCCCC)COC(OCC[N+](C)(C)C)C(=O)O. The molecule has 0 rings (SSSR count). The van der Waals surface area contributed by atoms with Crippen LogP contribution in [0.2, 0.25) is 0 Å². The molecule has 0 saturated carbocycles. The molecule has 0 aliphatic heterocycles. The van der Waals surface area contributed by atoms with Crippen LogP contribution in [0.3, 0.4) is 0 Å². The summed E-state index contributed by atoms with van der Waals surface area (Å²) in [5.41, 5.74) is 0. The minimum Gasteiger partial charge on any atom is -0.477 e. The molecule has 598 valence electrons. The molecule has 0 bridgehead atoms. The van der Waals surface area contributed by atoms with Gasteiger partial charge in [0.2, 0.25) is 0 Å². The molecule has 9 nitrogen and oxygen atoms in total. The fourth-order valence-corrected chi connectivity index (χ4v) is 13.8. The molecule has 1 N–H and O–H groups in total. The van der Waals surface area contributed by atoms with Gasteiger partial charge in [-0.1, -0.05) is 447 Å². The molecule has 0 aliphatic carbocycles. The number of aliphatic carboxylic acids is 1. The Bertz CT molecular complexity index is 1870. The van der Waals surface area contributed by atoms with Crippen molar-refractivity contribution in [1.82, 2.24) is 0 Å². The number of unbranched alkanes of at least 4 members (excludes halogenated alkanes) is 60. The number of carbonyl (C=O) groups excluding carboxylic acids is 2. The van der Waals surface area contributed by atoms with Gasteiger partial charge < -0.3 is 28.5 Å². The van der Waals surface area contributed by atoms with Gasteiger partial charge in [0.05, 0.1) is 34.4 Å². The highest BCUT2D eigenvalue weighted by Crippen LogP contribution is 2.21. The quantitative estimate of drug-likeness (QED) is 0.0211. The van der Waals surface area contributed by atoms with Gasteiger partial charge in [-0.15, -0.1) is 0 Å². The van der Waals surface area contributed by atoms with Crippen LogP contribution in [0.1, 0.15) is 457 Å². The molecule has 102 heavy (non-hydrogen) atoms. The van der Waals surface area contributed by atoms with Gasteiger partial charge >= 0.3 is 17.9 Å². The van der Waals surface area contributed by atoms with Gasteiger partial charge in [-0.2, -0.15) is 0 Å². The third-order valence-electron chi connectivity index (χ3n) is 20.5. The number of hydrogen-bond donors (Lipinski definition) is 1. The molecular weight excluding hydrogens is 1260 g/mol. The molecule has 2 unspecified atom stereocenters. The van der Waals surface area contributed by atoms with E-state index in [4.69, 9.17) is 18.9 Å². The summed E-state index contributed by atoms with van der Waals surface area (Å²) in [6, 6.07) is 0. The van der Waals surface area contributed by atoms with E-state index in [0.717, 1.165) is 70.6 Å². The number of hydrogen-bond acceptors (Lipinski definition) is 7. The number of likely N-dealkylation sites (N-methyl/N-ethyl adjacent to an activating group) is 1. The number of quaternary nitrogens is 1. The van der Waals surface area contributed by atoms with Crippen molar-refractivity contribution >= 4 is 17.9 Å². The largest absolute Gasteiger partial charge is 0.477 e. The molecular formula is C93H174NO8+. The summed E-state index contributed by atoms with van der Waals surface area (Å²) in [4.78, 5) is 37.8. The van der Waals surface area contributed by atoms with Crippen molar-refractivity contribution in [3.05, 3.63) is 60.8 Å². The number of nitrogens with zero attached hydrogens (tertiary/aromatic N) is 1. The maximum atomic E-state index is 13.0. The molecule has 0 radical (unpaired) electrons. The molecule has 0 amide bonds. The lowest BCUT2D eigenvalue weighted by atomic mass is 10.0. The Morgan fingerprint density at radius 3 is 0.833 bits per heavy atom. The minimum absolute atomic E-state index is 0.175. The van der Waals surface area contributed by atoms with Crippen molar-refractivity contribution in [2.45, 2.75) is 469 Å². The Labute approximate surface area is 635 Å². The Morgan fingerprint density at radius 2 is 0.559 bits per heavy atom. The van der Waals surface area contributed by atoms with E-state index in [9.17, 15) is 19.5 Å². The number of ether oxygens (including phenoxy) is 4. The van der Waals surface area contributed by atoms with E-state index in [2.05, 4.69) is 74.6 Å². The van der Waals surface area contributed by atoms with Crippen LogP contribution in [0, 0.1) is 0 Å². The predicted molar refractivity (Wildman–Crippen MR) is 443 cm³/mol. The van der Waals surface area contributed by atoms with Crippen LogP contribution in [-0.2, 0) is 33.3 Å². The summed E-state index contributed by atoms with van der Waals surface area (Å²) in [6.07, 6.45) is 110. The van der Waals surface area contributed by atoms with Crippen molar-refractivity contribution in [2.75, 3.05) is 47.5 Å². The summed E-state index contributed by atoms with van der Waals surface area (Å²) < 4.78 is 23.1. The van der Waals surface area contributed by atoms with Crippen molar-refractivity contribution < 1.29 is 42.9 Å².